The summed E-state index contributed by atoms with van der Waals surface area (Å²) in [5, 5.41) is 3.66. The monoisotopic (exact) mass is 307 g/mol. The number of halogens is 1. The first-order valence-electron chi connectivity index (χ1n) is 6.10. The van der Waals surface area contributed by atoms with E-state index in [9.17, 15) is 4.79 Å². The summed E-state index contributed by atoms with van der Waals surface area (Å²) in [4.78, 5) is 14.1. The molecule has 1 aromatic rings. The first-order valence-corrected chi connectivity index (χ1v) is 6.89. The highest BCUT2D eigenvalue weighted by molar-refractivity contribution is 9.10. The summed E-state index contributed by atoms with van der Waals surface area (Å²) < 4.78 is 0.931. The lowest BCUT2D eigenvalue weighted by Crippen LogP contribution is -2.36. The van der Waals surface area contributed by atoms with Gasteiger partial charge in [0.1, 0.15) is 0 Å². The van der Waals surface area contributed by atoms with E-state index in [4.69, 9.17) is 5.84 Å². The molecule has 0 radical (unpaired) electrons. The molecule has 1 aliphatic carbocycles. The summed E-state index contributed by atoms with van der Waals surface area (Å²) in [6, 6.07) is 5.80. The highest BCUT2D eigenvalue weighted by atomic mass is 79.9. The van der Waals surface area contributed by atoms with E-state index in [0.717, 1.165) is 22.3 Å². The Morgan fingerprint density at radius 2 is 2.22 bits per heavy atom. The normalized spacial score (nSPS) is 21.3. The van der Waals surface area contributed by atoms with Gasteiger partial charge in [-0.1, -0.05) is 22.4 Å². The molecule has 1 saturated carbocycles. The van der Waals surface area contributed by atoms with E-state index in [1.165, 1.54) is 19.3 Å². The van der Waals surface area contributed by atoms with E-state index < -0.39 is 0 Å². The Morgan fingerprint density at radius 1 is 1.44 bits per heavy atom. The zero-order chi connectivity index (χ0) is 12.7. The second-order valence-corrected chi connectivity index (χ2v) is 5.77. The van der Waals surface area contributed by atoms with E-state index >= 15 is 0 Å². The molecule has 18 heavy (non-hydrogen) atoms. The second kappa shape index (κ2) is 4.39. The lowest BCUT2D eigenvalue weighted by Gasteiger charge is -2.30. The number of carbonyl (C=O) groups is 1. The minimum absolute atomic E-state index is 0.0718. The quantitative estimate of drug-likeness (QED) is 0.673. The minimum Gasteiger partial charge on any atom is -0.322 e. The summed E-state index contributed by atoms with van der Waals surface area (Å²) in [5.74, 6) is 5.91. The van der Waals surface area contributed by atoms with Crippen molar-refractivity contribution in [2.45, 2.75) is 19.3 Å². The van der Waals surface area contributed by atoms with Gasteiger partial charge in [0, 0.05) is 16.6 Å². The molecule has 1 fully saturated rings. The highest BCUT2D eigenvalue weighted by Crippen LogP contribution is 2.35. The average Bonchev–Trinajstić information content (AvgIpc) is 2.55. The van der Waals surface area contributed by atoms with Crippen molar-refractivity contribution in [1.82, 2.24) is 0 Å². The van der Waals surface area contributed by atoms with Gasteiger partial charge in [-0.3, -0.25) is 4.79 Å². The number of rotatable bonds is 2. The highest BCUT2D eigenvalue weighted by Gasteiger charge is 2.36. The van der Waals surface area contributed by atoms with Crippen molar-refractivity contribution in [2.24, 2.45) is 16.9 Å². The standard InChI is InChI=1S/C13H14BrN3O/c14-9-4-5-11-10(6-9)12(16-15)13(18)17(11)7-8-2-1-3-8/h4-6,8H,1-3,7,15H2. The van der Waals surface area contributed by atoms with Crippen LogP contribution in [0.5, 0.6) is 0 Å². The van der Waals surface area contributed by atoms with Crippen LogP contribution in [0.4, 0.5) is 5.69 Å². The Bertz CT molecular complexity index is 537. The van der Waals surface area contributed by atoms with Gasteiger partial charge in [0.2, 0.25) is 0 Å². The number of hydrogen-bond donors (Lipinski definition) is 1. The number of hydrazone groups is 1. The molecule has 0 bridgehead atoms. The number of nitrogens with two attached hydrogens (primary N) is 1. The van der Waals surface area contributed by atoms with Crippen LogP contribution in [0.25, 0.3) is 0 Å². The Labute approximate surface area is 114 Å². The fourth-order valence-corrected chi connectivity index (χ4v) is 2.89. The number of fused-ring (bicyclic) bond motifs is 1. The minimum atomic E-state index is -0.0718. The summed E-state index contributed by atoms with van der Waals surface area (Å²) >= 11 is 3.41. The molecule has 0 unspecified atom stereocenters. The van der Waals surface area contributed by atoms with E-state index in [0.29, 0.717) is 11.6 Å². The second-order valence-electron chi connectivity index (χ2n) is 4.85. The SMILES string of the molecule is NN=C1C(=O)N(CC2CCC2)c2ccc(Br)cc21. The Kier molecular flexibility index (Phi) is 2.86. The van der Waals surface area contributed by atoms with Crippen LogP contribution in [0.3, 0.4) is 0 Å². The van der Waals surface area contributed by atoms with E-state index in [-0.39, 0.29) is 5.91 Å². The third-order valence-electron chi connectivity index (χ3n) is 3.75. The Balaban J connectivity index is 1.99. The lowest BCUT2D eigenvalue weighted by molar-refractivity contribution is -0.112. The van der Waals surface area contributed by atoms with Crippen molar-refractivity contribution in [1.29, 1.82) is 0 Å². The van der Waals surface area contributed by atoms with Crippen LogP contribution in [-0.4, -0.2) is 18.2 Å². The van der Waals surface area contributed by atoms with Gasteiger partial charge in [-0.15, -0.1) is 0 Å². The van der Waals surface area contributed by atoms with E-state index in [2.05, 4.69) is 21.0 Å². The number of carbonyl (C=O) groups excluding carboxylic acids is 1. The maximum atomic E-state index is 12.3. The zero-order valence-corrected chi connectivity index (χ0v) is 11.5. The van der Waals surface area contributed by atoms with Crippen LogP contribution in [0, 0.1) is 5.92 Å². The zero-order valence-electron chi connectivity index (χ0n) is 9.90. The first-order chi connectivity index (χ1) is 8.70. The predicted molar refractivity (Wildman–Crippen MR) is 74.6 cm³/mol. The molecular formula is C13H14BrN3O. The number of hydrogen-bond acceptors (Lipinski definition) is 3. The van der Waals surface area contributed by atoms with Crippen LogP contribution in [-0.2, 0) is 4.79 Å². The molecule has 3 rings (SSSR count). The molecule has 0 atom stereocenters. The van der Waals surface area contributed by atoms with Crippen LogP contribution >= 0.6 is 15.9 Å². The number of nitrogens with zero attached hydrogens (tertiary/aromatic N) is 2. The number of amides is 1. The van der Waals surface area contributed by atoms with Crippen molar-refractivity contribution < 1.29 is 4.79 Å². The fourth-order valence-electron chi connectivity index (χ4n) is 2.53. The van der Waals surface area contributed by atoms with Crippen molar-refractivity contribution in [3.8, 4) is 0 Å². The van der Waals surface area contributed by atoms with Crippen LogP contribution < -0.4 is 10.7 Å². The maximum Gasteiger partial charge on any atom is 0.279 e. The molecule has 0 aromatic heterocycles. The molecular weight excluding hydrogens is 294 g/mol. The molecule has 1 heterocycles. The summed E-state index contributed by atoms with van der Waals surface area (Å²) in [6.07, 6.45) is 3.70. The number of anilines is 1. The lowest BCUT2D eigenvalue weighted by atomic mass is 9.85. The molecule has 94 valence electrons. The van der Waals surface area contributed by atoms with Crippen LogP contribution in [0.1, 0.15) is 24.8 Å². The van der Waals surface area contributed by atoms with Gasteiger partial charge in [-0.25, -0.2) is 0 Å². The van der Waals surface area contributed by atoms with Gasteiger partial charge < -0.3 is 10.7 Å². The van der Waals surface area contributed by atoms with Crippen molar-refractivity contribution in [3.05, 3.63) is 28.2 Å². The summed E-state index contributed by atoms with van der Waals surface area (Å²) in [6.45, 7) is 0.784. The van der Waals surface area contributed by atoms with Crippen LogP contribution in [0.2, 0.25) is 0 Å². The largest absolute Gasteiger partial charge is 0.322 e. The first kappa shape index (κ1) is 11.7. The van der Waals surface area contributed by atoms with Crippen molar-refractivity contribution in [2.75, 3.05) is 11.4 Å². The number of benzene rings is 1. The molecule has 5 heteroatoms. The molecule has 0 saturated heterocycles. The molecule has 1 aromatic carbocycles. The molecule has 0 spiro atoms. The maximum absolute atomic E-state index is 12.3. The van der Waals surface area contributed by atoms with Gasteiger partial charge >= 0.3 is 0 Å². The Hall–Kier alpha value is -1.36. The van der Waals surface area contributed by atoms with Gasteiger partial charge in [0.05, 0.1) is 5.69 Å². The summed E-state index contributed by atoms with van der Waals surface area (Å²) in [7, 11) is 0. The summed E-state index contributed by atoms with van der Waals surface area (Å²) in [5.41, 5.74) is 2.13. The topological polar surface area (TPSA) is 58.7 Å². The predicted octanol–water partition coefficient (Wildman–Crippen LogP) is 2.26. The van der Waals surface area contributed by atoms with Gasteiger partial charge in [-0.05, 0) is 37.0 Å². The van der Waals surface area contributed by atoms with E-state index in [1.54, 1.807) is 0 Å². The fraction of sp³-hybridized carbons (Fsp3) is 0.385. The molecule has 4 nitrogen and oxygen atoms in total. The molecule has 2 aliphatic rings. The van der Waals surface area contributed by atoms with Gasteiger partial charge in [0.25, 0.3) is 5.91 Å². The van der Waals surface area contributed by atoms with Crippen LogP contribution in [0.15, 0.2) is 27.8 Å². The Morgan fingerprint density at radius 3 is 2.83 bits per heavy atom. The smallest absolute Gasteiger partial charge is 0.279 e. The van der Waals surface area contributed by atoms with Gasteiger partial charge in [-0.2, -0.15) is 5.10 Å². The molecule has 1 amide bonds. The van der Waals surface area contributed by atoms with E-state index in [1.807, 2.05) is 23.1 Å². The van der Waals surface area contributed by atoms with Crippen molar-refractivity contribution >= 4 is 33.2 Å². The molecule has 2 N–H and O–H groups in total. The van der Waals surface area contributed by atoms with Gasteiger partial charge in [0.15, 0.2) is 5.71 Å². The third kappa shape index (κ3) is 1.73. The molecule has 1 aliphatic heterocycles. The van der Waals surface area contributed by atoms with Crippen molar-refractivity contribution in [3.63, 3.8) is 0 Å². The third-order valence-corrected chi connectivity index (χ3v) is 4.24. The average molecular weight is 308 g/mol.